The van der Waals surface area contributed by atoms with Crippen molar-refractivity contribution < 1.29 is 14.3 Å². The summed E-state index contributed by atoms with van der Waals surface area (Å²) < 4.78 is 5.24. The van der Waals surface area contributed by atoms with E-state index in [9.17, 15) is 9.59 Å². The summed E-state index contributed by atoms with van der Waals surface area (Å²) in [5.41, 5.74) is -0.513. The van der Waals surface area contributed by atoms with Crippen molar-refractivity contribution in [2.45, 2.75) is 71.1 Å². The van der Waals surface area contributed by atoms with Crippen LogP contribution in [0.3, 0.4) is 0 Å². The lowest BCUT2D eigenvalue weighted by Crippen LogP contribution is -2.49. The molecule has 1 aliphatic carbocycles. The Kier molecular flexibility index (Phi) is 6.97. The molecule has 122 valence electrons. The SMILES string of the molecule is C[C@H](CN(C(=O)CBr)C1CCCC1)NC(=O)OC(C)(C)C. The van der Waals surface area contributed by atoms with Crippen molar-refractivity contribution in [1.82, 2.24) is 10.2 Å². The number of ether oxygens (including phenoxy) is 1. The van der Waals surface area contributed by atoms with Gasteiger partial charge in [-0.25, -0.2) is 4.79 Å². The normalized spacial score (nSPS) is 17.4. The molecule has 5 nitrogen and oxygen atoms in total. The van der Waals surface area contributed by atoms with E-state index in [0.29, 0.717) is 17.9 Å². The average molecular weight is 363 g/mol. The molecule has 6 heteroatoms. The van der Waals surface area contributed by atoms with Gasteiger partial charge in [0.1, 0.15) is 5.60 Å². The zero-order valence-electron chi connectivity index (χ0n) is 13.4. The number of hydrogen-bond donors (Lipinski definition) is 1. The van der Waals surface area contributed by atoms with Crippen LogP contribution < -0.4 is 5.32 Å². The Morgan fingerprint density at radius 3 is 2.38 bits per heavy atom. The van der Waals surface area contributed by atoms with Crippen LogP contribution in [0.25, 0.3) is 0 Å². The van der Waals surface area contributed by atoms with E-state index in [0.717, 1.165) is 12.8 Å². The summed E-state index contributed by atoms with van der Waals surface area (Å²) in [6, 6.07) is 0.168. The zero-order chi connectivity index (χ0) is 16.0. The Morgan fingerprint density at radius 1 is 1.33 bits per heavy atom. The first kappa shape index (κ1) is 18.3. The fourth-order valence-electron chi connectivity index (χ4n) is 2.60. The van der Waals surface area contributed by atoms with Crippen LogP contribution >= 0.6 is 15.9 Å². The highest BCUT2D eigenvalue weighted by Gasteiger charge is 2.28. The molecule has 0 radical (unpaired) electrons. The molecule has 2 amide bonds. The Labute approximate surface area is 135 Å². The predicted octanol–water partition coefficient (Wildman–Crippen LogP) is 3.07. The largest absolute Gasteiger partial charge is 0.444 e. The minimum atomic E-state index is -0.513. The highest BCUT2D eigenvalue weighted by Crippen LogP contribution is 2.24. The second-order valence-corrected chi connectivity index (χ2v) is 7.23. The summed E-state index contributed by atoms with van der Waals surface area (Å²) in [7, 11) is 0. The van der Waals surface area contributed by atoms with Crippen molar-refractivity contribution in [2.75, 3.05) is 11.9 Å². The number of rotatable bonds is 5. The Bertz CT molecular complexity index is 362. The maximum absolute atomic E-state index is 12.1. The number of hydrogen-bond acceptors (Lipinski definition) is 3. The van der Waals surface area contributed by atoms with Crippen molar-refractivity contribution in [1.29, 1.82) is 0 Å². The number of alkyl halides is 1. The van der Waals surface area contributed by atoms with Gasteiger partial charge in [0, 0.05) is 18.6 Å². The van der Waals surface area contributed by atoms with Gasteiger partial charge in [0.2, 0.25) is 5.91 Å². The van der Waals surface area contributed by atoms with E-state index in [1.54, 1.807) is 0 Å². The van der Waals surface area contributed by atoms with Gasteiger partial charge in [0.05, 0.1) is 5.33 Å². The van der Waals surface area contributed by atoms with Gasteiger partial charge in [-0.2, -0.15) is 0 Å². The first-order valence-corrected chi connectivity index (χ1v) is 8.70. The summed E-state index contributed by atoms with van der Waals surface area (Å²) in [6.07, 6.45) is 4.01. The van der Waals surface area contributed by atoms with E-state index in [2.05, 4.69) is 21.2 Å². The molecule has 1 fully saturated rings. The quantitative estimate of drug-likeness (QED) is 0.764. The van der Waals surface area contributed by atoms with Crippen LogP contribution in [0.1, 0.15) is 53.4 Å². The summed E-state index contributed by atoms with van der Waals surface area (Å²) in [5.74, 6) is 0.0831. The lowest BCUT2D eigenvalue weighted by atomic mass is 10.2. The van der Waals surface area contributed by atoms with Crippen molar-refractivity contribution in [2.24, 2.45) is 0 Å². The molecule has 0 unspecified atom stereocenters. The monoisotopic (exact) mass is 362 g/mol. The van der Waals surface area contributed by atoms with Crippen LogP contribution in [0.2, 0.25) is 0 Å². The highest BCUT2D eigenvalue weighted by molar-refractivity contribution is 9.09. The molecule has 0 spiro atoms. The Balaban J connectivity index is 2.53. The molecule has 0 saturated heterocycles. The van der Waals surface area contributed by atoms with Crippen LogP contribution in [0.15, 0.2) is 0 Å². The lowest BCUT2D eigenvalue weighted by molar-refractivity contribution is -0.130. The summed E-state index contributed by atoms with van der Waals surface area (Å²) in [6.45, 7) is 7.91. The molecule has 21 heavy (non-hydrogen) atoms. The zero-order valence-corrected chi connectivity index (χ0v) is 15.0. The summed E-state index contributed by atoms with van der Waals surface area (Å²) in [5, 5.41) is 3.12. The lowest BCUT2D eigenvalue weighted by Gasteiger charge is -2.31. The highest BCUT2D eigenvalue weighted by atomic mass is 79.9. The number of nitrogens with zero attached hydrogens (tertiary/aromatic N) is 1. The maximum Gasteiger partial charge on any atom is 0.407 e. The molecular formula is C15H27BrN2O3. The molecule has 1 atom stereocenters. The second-order valence-electron chi connectivity index (χ2n) is 6.67. The Hall–Kier alpha value is -0.780. The number of carbonyl (C=O) groups excluding carboxylic acids is 2. The molecule has 0 aromatic carbocycles. The first-order chi connectivity index (χ1) is 9.73. The molecule has 0 aromatic rings. The predicted molar refractivity (Wildman–Crippen MR) is 86.6 cm³/mol. The minimum absolute atomic E-state index is 0.0831. The molecule has 1 rings (SSSR count). The van der Waals surface area contributed by atoms with Gasteiger partial charge in [0.25, 0.3) is 0 Å². The summed E-state index contributed by atoms with van der Waals surface area (Å²) in [4.78, 5) is 25.7. The number of alkyl carbamates (subject to hydrolysis) is 1. The van der Waals surface area contributed by atoms with Crippen LogP contribution in [-0.4, -0.2) is 46.5 Å². The molecule has 0 bridgehead atoms. The van der Waals surface area contributed by atoms with Crippen molar-refractivity contribution in [3.8, 4) is 0 Å². The minimum Gasteiger partial charge on any atom is -0.444 e. The first-order valence-electron chi connectivity index (χ1n) is 7.58. The van der Waals surface area contributed by atoms with Crippen LogP contribution in [-0.2, 0) is 9.53 Å². The molecule has 1 N–H and O–H groups in total. The molecule has 0 heterocycles. The van der Waals surface area contributed by atoms with Gasteiger partial charge < -0.3 is 15.0 Å². The molecule has 0 aromatic heterocycles. The molecule has 1 aliphatic rings. The number of amides is 2. The number of nitrogens with one attached hydrogen (secondary N) is 1. The second kappa shape index (κ2) is 8.01. The van der Waals surface area contributed by atoms with Gasteiger partial charge in [-0.15, -0.1) is 0 Å². The van der Waals surface area contributed by atoms with Gasteiger partial charge in [-0.05, 0) is 40.5 Å². The van der Waals surface area contributed by atoms with E-state index in [1.807, 2.05) is 32.6 Å². The van der Waals surface area contributed by atoms with Crippen molar-refractivity contribution in [3.05, 3.63) is 0 Å². The fraction of sp³-hybridized carbons (Fsp3) is 0.867. The molecule has 0 aliphatic heterocycles. The van der Waals surface area contributed by atoms with E-state index >= 15 is 0 Å². The molecular weight excluding hydrogens is 336 g/mol. The van der Waals surface area contributed by atoms with Crippen LogP contribution in [0, 0.1) is 0 Å². The van der Waals surface area contributed by atoms with E-state index < -0.39 is 11.7 Å². The number of halogens is 1. The smallest absolute Gasteiger partial charge is 0.407 e. The average Bonchev–Trinajstić information content (AvgIpc) is 2.86. The number of carbonyl (C=O) groups is 2. The third kappa shape index (κ3) is 6.68. The van der Waals surface area contributed by atoms with E-state index in [-0.39, 0.29) is 11.9 Å². The fourth-order valence-corrected chi connectivity index (χ4v) is 2.92. The van der Waals surface area contributed by atoms with Crippen molar-refractivity contribution in [3.63, 3.8) is 0 Å². The standard InChI is InChI=1S/C15H27BrN2O3/c1-11(17-14(20)21-15(2,3)4)10-18(13(19)9-16)12-7-5-6-8-12/h11-12H,5-10H2,1-4H3,(H,17,20)/t11-/m1/s1. The van der Waals surface area contributed by atoms with E-state index in [1.165, 1.54) is 12.8 Å². The van der Waals surface area contributed by atoms with Gasteiger partial charge in [-0.3, -0.25) is 4.79 Å². The summed E-state index contributed by atoms with van der Waals surface area (Å²) >= 11 is 3.24. The van der Waals surface area contributed by atoms with Gasteiger partial charge in [-0.1, -0.05) is 28.8 Å². The van der Waals surface area contributed by atoms with Gasteiger partial charge >= 0.3 is 6.09 Å². The maximum atomic E-state index is 12.1. The molecule has 1 saturated carbocycles. The third-order valence-electron chi connectivity index (χ3n) is 3.43. The van der Waals surface area contributed by atoms with Gasteiger partial charge in [0.15, 0.2) is 0 Å². The van der Waals surface area contributed by atoms with E-state index in [4.69, 9.17) is 4.74 Å². The van der Waals surface area contributed by atoms with Crippen LogP contribution in [0.4, 0.5) is 4.79 Å². The Morgan fingerprint density at radius 2 is 1.90 bits per heavy atom. The van der Waals surface area contributed by atoms with Crippen LogP contribution in [0.5, 0.6) is 0 Å². The topological polar surface area (TPSA) is 58.6 Å². The van der Waals surface area contributed by atoms with Crippen molar-refractivity contribution >= 4 is 27.9 Å². The third-order valence-corrected chi connectivity index (χ3v) is 3.91.